The number of aromatic nitrogens is 2. The van der Waals surface area contributed by atoms with E-state index in [1.165, 1.54) is 24.9 Å². The molecule has 3 aromatic rings. The van der Waals surface area contributed by atoms with Crippen LogP contribution in [0.25, 0.3) is 0 Å². The molecule has 0 amide bonds. The minimum Gasteiger partial charge on any atom is -0.481 e. The van der Waals surface area contributed by atoms with Crippen LogP contribution in [0.5, 0.6) is 11.8 Å². The maximum absolute atomic E-state index is 10.9. The quantitative estimate of drug-likeness (QED) is 0.394. The number of rotatable bonds is 9. The highest BCUT2D eigenvalue weighted by molar-refractivity contribution is 7.81. The third kappa shape index (κ3) is 5.99. The Bertz CT molecular complexity index is 1010. The minimum absolute atomic E-state index is 0.100. The molecule has 0 aliphatic rings. The number of aromatic carboxylic acids is 1. The van der Waals surface area contributed by atoms with Crippen molar-refractivity contribution in [3.8, 4) is 11.8 Å². The molecule has 0 atom stereocenters. The summed E-state index contributed by atoms with van der Waals surface area (Å²) in [7, 11) is 1.52. The molecule has 2 N–H and O–H groups in total. The molecule has 0 fully saturated rings. The largest absolute Gasteiger partial charge is 0.481 e. The first kappa shape index (κ1) is 21.2. The minimum atomic E-state index is -1.04. The fourth-order valence-corrected chi connectivity index (χ4v) is 2.89. The van der Waals surface area contributed by atoms with E-state index in [2.05, 4.69) is 27.4 Å². The average molecular weight is 423 g/mol. The van der Waals surface area contributed by atoms with E-state index in [4.69, 9.17) is 26.8 Å². The number of nitrogens with zero attached hydrogens (tertiary/aromatic N) is 2. The van der Waals surface area contributed by atoms with Gasteiger partial charge in [-0.1, -0.05) is 42.5 Å². The first-order chi connectivity index (χ1) is 14.5. The van der Waals surface area contributed by atoms with Gasteiger partial charge in [0, 0.05) is 23.9 Å². The zero-order valence-corrected chi connectivity index (χ0v) is 17.2. The lowest BCUT2D eigenvalue weighted by Gasteiger charge is -2.12. The number of ether oxygens (including phenoxy) is 2. The van der Waals surface area contributed by atoms with E-state index in [1.54, 1.807) is 18.2 Å². The number of benzene rings is 1. The molecule has 3 rings (SSSR count). The maximum atomic E-state index is 10.9. The number of carboxylic acid groups (broad SMARTS) is 1. The molecule has 2 aromatic heterocycles. The summed E-state index contributed by atoms with van der Waals surface area (Å²) in [5, 5.41) is 11.9. The highest BCUT2D eigenvalue weighted by atomic mass is 32.1. The van der Waals surface area contributed by atoms with Gasteiger partial charge in [-0.3, -0.25) is 0 Å². The van der Waals surface area contributed by atoms with Crippen molar-refractivity contribution < 1.29 is 19.4 Å². The van der Waals surface area contributed by atoms with Crippen LogP contribution < -0.4 is 14.8 Å². The summed E-state index contributed by atoms with van der Waals surface area (Å²) < 4.78 is 11.0. The fourth-order valence-electron chi connectivity index (χ4n) is 2.67. The topological polar surface area (TPSA) is 93.6 Å². The monoisotopic (exact) mass is 423 g/mol. The Labute approximate surface area is 179 Å². The molecule has 8 heteroatoms. The molecule has 7 nitrogen and oxygen atoms in total. The number of anilines is 1. The van der Waals surface area contributed by atoms with Gasteiger partial charge in [-0.2, -0.15) is 4.98 Å². The number of hydrogen-bond acceptors (Lipinski definition) is 6. The van der Waals surface area contributed by atoms with Gasteiger partial charge in [-0.25, -0.2) is 9.78 Å². The van der Waals surface area contributed by atoms with Crippen molar-refractivity contribution in [2.24, 2.45) is 0 Å². The first-order valence-electron chi connectivity index (χ1n) is 9.28. The number of pyridine rings is 2. The van der Waals surface area contributed by atoms with Crippen LogP contribution in [0.2, 0.25) is 0 Å². The van der Waals surface area contributed by atoms with Crippen LogP contribution in [-0.4, -0.2) is 39.7 Å². The zero-order chi connectivity index (χ0) is 21.3. The molecule has 0 saturated carbocycles. The number of thiocarbonyl (C=S) groups is 1. The Hall–Kier alpha value is -3.52. The maximum Gasteiger partial charge on any atom is 0.337 e. The van der Waals surface area contributed by atoms with Gasteiger partial charge in [0.15, 0.2) is 0 Å². The molecular weight excluding hydrogens is 402 g/mol. The SMILES string of the molecule is COc1cc(C(=S)Nc2ccc(C(=O)O)cn2)cc(OCCCc2ccccc2)n1. The van der Waals surface area contributed by atoms with E-state index in [0.717, 1.165) is 12.8 Å². The molecule has 0 aliphatic carbocycles. The summed E-state index contributed by atoms with van der Waals surface area (Å²) in [6, 6.07) is 16.6. The van der Waals surface area contributed by atoms with E-state index in [9.17, 15) is 4.79 Å². The summed E-state index contributed by atoms with van der Waals surface area (Å²) in [6.07, 6.45) is 3.03. The number of nitrogens with one attached hydrogen (secondary N) is 1. The molecule has 0 unspecified atom stereocenters. The first-order valence-corrected chi connectivity index (χ1v) is 9.69. The van der Waals surface area contributed by atoms with Gasteiger partial charge in [-0.05, 0) is 30.5 Å². The van der Waals surface area contributed by atoms with E-state index in [-0.39, 0.29) is 5.56 Å². The van der Waals surface area contributed by atoms with Crippen LogP contribution >= 0.6 is 12.2 Å². The molecular formula is C22H21N3O4S. The lowest BCUT2D eigenvalue weighted by molar-refractivity contribution is 0.0696. The summed E-state index contributed by atoms with van der Waals surface area (Å²) in [6.45, 7) is 0.507. The van der Waals surface area contributed by atoms with E-state index >= 15 is 0 Å². The third-order valence-electron chi connectivity index (χ3n) is 4.20. The average Bonchev–Trinajstić information content (AvgIpc) is 2.77. The Morgan fingerprint density at radius 1 is 1.10 bits per heavy atom. The van der Waals surface area contributed by atoms with Gasteiger partial charge in [0.05, 0.1) is 19.3 Å². The number of methoxy groups -OCH3 is 1. The van der Waals surface area contributed by atoms with E-state index in [0.29, 0.717) is 34.7 Å². The second-order valence-corrected chi connectivity index (χ2v) is 6.77. The molecule has 0 radical (unpaired) electrons. The molecule has 0 spiro atoms. The highest BCUT2D eigenvalue weighted by Gasteiger charge is 2.10. The van der Waals surface area contributed by atoms with Gasteiger partial charge < -0.3 is 19.9 Å². The Morgan fingerprint density at radius 2 is 1.87 bits per heavy atom. The lowest BCUT2D eigenvalue weighted by atomic mass is 10.1. The van der Waals surface area contributed by atoms with Crippen molar-refractivity contribution in [1.82, 2.24) is 9.97 Å². The van der Waals surface area contributed by atoms with E-state index < -0.39 is 5.97 Å². The lowest BCUT2D eigenvalue weighted by Crippen LogP contribution is -2.13. The van der Waals surface area contributed by atoms with E-state index in [1.807, 2.05) is 18.2 Å². The van der Waals surface area contributed by atoms with Gasteiger partial charge in [0.25, 0.3) is 0 Å². The highest BCUT2D eigenvalue weighted by Crippen LogP contribution is 2.20. The van der Waals surface area contributed by atoms with Crippen molar-refractivity contribution >= 4 is 29.0 Å². The van der Waals surface area contributed by atoms with Crippen LogP contribution in [0, 0.1) is 0 Å². The van der Waals surface area contributed by atoms with Gasteiger partial charge >= 0.3 is 5.97 Å². The van der Waals surface area contributed by atoms with Crippen molar-refractivity contribution in [2.75, 3.05) is 19.0 Å². The predicted molar refractivity (Wildman–Crippen MR) is 118 cm³/mol. The Balaban J connectivity index is 1.62. The summed E-state index contributed by atoms with van der Waals surface area (Å²) >= 11 is 5.45. The van der Waals surface area contributed by atoms with Crippen molar-refractivity contribution in [2.45, 2.75) is 12.8 Å². The van der Waals surface area contributed by atoms with Gasteiger partial charge in [0.1, 0.15) is 10.8 Å². The number of carbonyl (C=O) groups is 1. The van der Waals surface area contributed by atoms with Gasteiger partial charge in [-0.15, -0.1) is 0 Å². The van der Waals surface area contributed by atoms with Gasteiger partial charge in [0.2, 0.25) is 11.8 Å². The molecule has 154 valence electrons. The number of carboxylic acids is 1. The zero-order valence-electron chi connectivity index (χ0n) is 16.4. The standard InChI is InChI=1S/C22H21N3O4S/c1-28-19-12-17(21(30)24-18-10-9-16(14-23-18)22(26)27)13-20(25-19)29-11-5-8-15-6-3-2-4-7-15/h2-4,6-7,9-10,12-14H,5,8,11H2,1H3,(H,26,27)(H,23,24,30). The second-order valence-electron chi connectivity index (χ2n) is 6.37. The summed E-state index contributed by atoms with van der Waals surface area (Å²) in [5.74, 6) is 0.190. The van der Waals surface area contributed by atoms with Crippen molar-refractivity contribution in [3.63, 3.8) is 0 Å². The molecule has 0 saturated heterocycles. The Kier molecular flexibility index (Phi) is 7.29. The molecule has 2 heterocycles. The van der Waals surface area contributed by atoms with Crippen LogP contribution in [0.1, 0.15) is 27.9 Å². The molecule has 0 bridgehead atoms. The van der Waals surface area contributed by atoms with Crippen LogP contribution in [0.4, 0.5) is 5.82 Å². The second kappa shape index (κ2) is 10.3. The molecule has 1 aromatic carbocycles. The van der Waals surface area contributed by atoms with Crippen molar-refractivity contribution in [3.05, 3.63) is 77.5 Å². The molecule has 0 aliphatic heterocycles. The summed E-state index contributed by atoms with van der Waals surface area (Å²) in [5.41, 5.74) is 2.01. The van der Waals surface area contributed by atoms with Crippen LogP contribution in [-0.2, 0) is 6.42 Å². The third-order valence-corrected chi connectivity index (χ3v) is 4.54. The number of hydrogen-bond donors (Lipinski definition) is 2. The fraction of sp³-hybridized carbons (Fsp3) is 0.182. The number of aryl methyl sites for hydroxylation is 1. The smallest absolute Gasteiger partial charge is 0.337 e. The predicted octanol–water partition coefficient (Wildman–Crippen LogP) is 3.98. The molecule has 30 heavy (non-hydrogen) atoms. The Morgan fingerprint density at radius 3 is 2.53 bits per heavy atom. The normalized spacial score (nSPS) is 10.3. The van der Waals surface area contributed by atoms with Crippen molar-refractivity contribution in [1.29, 1.82) is 0 Å². The van der Waals surface area contributed by atoms with Crippen LogP contribution in [0.15, 0.2) is 60.8 Å². The summed E-state index contributed by atoms with van der Waals surface area (Å²) in [4.78, 5) is 19.7. The van der Waals surface area contributed by atoms with Crippen LogP contribution in [0.3, 0.4) is 0 Å².